The summed E-state index contributed by atoms with van der Waals surface area (Å²) in [7, 11) is 0. The number of anilines is 1. The van der Waals surface area contributed by atoms with Crippen LogP contribution in [0.25, 0.3) is 0 Å². The second kappa shape index (κ2) is 10.8. The zero-order valence-corrected chi connectivity index (χ0v) is 12.8. The van der Waals surface area contributed by atoms with Gasteiger partial charge in [0.1, 0.15) is 5.82 Å². The molecule has 0 saturated heterocycles. The molecule has 1 rings (SSSR count). The lowest BCUT2D eigenvalue weighted by atomic mass is 10.1. The predicted octanol–water partition coefficient (Wildman–Crippen LogP) is 5.05. The van der Waals surface area contributed by atoms with Crippen molar-refractivity contribution in [3.8, 4) is 0 Å². The van der Waals surface area contributed by atoms with Crippen LogP contribution < -0.4 is 4.90 Å². The van der Waals surface area contributed by atoms with Crippen molar-refractivity contribution in [2.24, 2.45) is 0 Å². The van der Waals surface area contributed by atoms with Gasteiger partial charge >= 0.3 is 0 Å². The first-order chi connectivity index (χ1) is 9.38. The SMILES string of the molecule is CCCCCCN(CCCCCC)c1ccccn1. The van der Waals surface area contributed by atoms with Gasteiger partial charge in [0.15, 0.2) is 0 Å². The Hall–Kier alpha value is -1.05. The minimum atomic E-state index is 1.15. The van der Waals surface area contributed by atoms with Gasteiger partial charge in [0.2, 0.25) is 0 Å². The van der Waals surface area contributed by atoms with Crippen molar-refractivity contribution in [1.82, 2.24) is 4.98 Å². The molecule has 108 valence electrons. The normalized spacial score (nSPS) is 10.6. The molecule has 0 bridgehead atoms. The van der Waals surface area contributed by atoms with Crippen LogP contribution in [0.3, 0.4) is 0 Å². The van der Waals surface area contributed by atoms with Crippen LogP contribution in [0.4, 0.5) is 5.82 Å². The second-order valence-corrected chi connectivity index (χ2v) is 5.30. The Balaban J connectivity index is 2.39. The van der Waals surface area contributed by atoms with Gasteiger partial charge in [0, 0.05) is 19.3 Å². The highest BCUT2D eigenvalue weighted by molar-refractivity contribution is 5.37. The van der Waals surface area contributed by atoms with E-state index < -0.39 is 0 Å². The first kappa shape index (κ1) is 16.0. The van der Waals surface area contributed by atoms with Gasteiger partial charge in [-0.05, 0) is 25.0 Å². The molecule has 0 spiro atoms. The van der Waals surface area contributed by atoms with Gasteiger partial charge in [0.25, 0.3) is 0 Å². The summed E-state index contributed by atoms with van der Waals surface area (Å²) in [5.41, 5.74) is 0. The number of rotatable bonds is 11. The van der Waals surface area contributed by atoms with Crippen molar-refractivity contribution in [2.45, 2.75) is 65.2 Å². The summed E-state index contributed by atoms with van der Waals surface area (Å²) >= 11 is 0. The quantitative estimate of drug-likeness (QED) is 0.519. The number of unbranched alkanes of at least 4 members (excludes halogenated alkanes) is 6. The monoisotopic (exact) mass is 262 g/mol. The highest BCUT2D eigenvalue weighted by atomic mass is 15.2. The van der Waals surface area contributed by atoms with E-state index in [-0.39, 0.29) is 0 Å². The van der Waals surface area contributed by atoms with Gasteiger partial charge < -0.3 is 4.90 Å². The van der Waals surface area contributed by atoms with E-state index in [0.717, 1.165) is 18.9 Å². The molecule has 0 aromatic carbocycles. The van der Waals surface area contributed by atoms with Crippen molar-refractivity contribution in [3.63, 3.8) is 0 Å². The van der Waals surface area contributed by atoms with Crippen LogP contribution in [-0.4, -0.2) is 18.1 Å². The molecule has 19 heavy (non-hydrogen) atoms. The van der Waals surface area contributed by atoms with Gasteiger partial charge in [-0.3, -0.25) is 0 Å². The Morgan fingerprint density at radius 2 is 1.47 bits per heavy atom. The summed E-state index contributed by atoms with van der Waals surface area (Å²) in [6, 6.07) is 6.23. The average molecular weight is 262 g/mol. The van der Waals surface area contributed by atoms with Crippen LogP contribution in [0.5, 0.6) is 0 Å². The van der Waals surface area contributed by atoms with E-state index >= 15 is 0 Å². The predicted molar refractivity (Wildman–Crippen MR) is 84.7 cm³/mol. The first-order valence-electron chi connectivity index (χ1n) is 8.04. The molecule has 1 aromatic heterocycles. The highest BCUT2D eigenvalue weighted by Crippen LogP contribution is 2.13. The maximum atomic E-state index is 4.50. The van der Waals surface area contributed by atoms with Gasteiger partial charge in [-0.15, -0.1) is 0 Å². The van der Waals surface area contributed by atoms with Crippen LogP contribution in [-0.2, 0) is 0 Å². The third-order valence-corrected chi connectivity index (χ3v) is 3.54. The summed E-state index contributed by atoms with van der Waals surface area (Å²) in [5.74, 6) is 1.15. The number of hydrogen-bond acceptors (Lipinski definition) is 2. The van der Waals surface area contributed by atoms with Gasteiger partial charge in [0.05, 0.1) is 0 Å². The van der Waals surface area contributed by atoms with Crippen molar-refractivity contribution >= 4 is 5.82 Å². The fourth-order valence-electron chi connectivity index (χ4n) is 2.34. The summed E-state index contributed by atoms with van der Waals surface area (Å²) in [6.45, 7) is 6.84. The number of aromatic nitrogens is 1. The molecule has 2 nitrogen and oxygen atoms in total. The number of pyridine rings is 1. The van der Waals surface area contributed by atoms with Crippen molar-refractivity contribution in [1.29, 1.82) is 0 Å². The molecule has 0 fully saturated rings. The molecular weight excluding hydrogens is 232 g/mol. The summed E-state index contributed by atoms with van der Waals surface area (Å²) in [4.78, 5) is 6.97. The third-order valence-electron chi connectivity index (χ3n) is 3.54. The molecule has 0 radical (unpaired) electrons. The molecule has 0 aliphatic heterocycles. The Bertz CT molecular complexity index is 285. The Morgan fingerprint density at radius 3 is 1.95 bits per heavy atom. The average Bonchev–Trinajstić information content (AvgIpc) is 2.46. The largest absolute Gasteiger partial charge is 0.357 e. The topological polar surface area (TPSA) is 16.1 Å². The zero-order valence-electron chi connectivity index (χ0n) is 12.8. The Kier molecular flexibility index (Phi) is 9.13. The molecule has 0 aliphatic rings. The standard InChI is InChI=1S/C17H30N2/c1-3-5-7-11-15-19(16-12-8-6-4-2)17-13-9-10-14-18-17/h9-10,13-14H,3-8,11-12,15-16H2,1-2H3. The molecule has 0 N–H and O–H groups in total. The van der Waals surface area contributed by atoms with Crippen molar-refractivity contribution in [2.75, 3.05) is 18.0 Å². The number of hydrogen-bond donors (Lipinski definition) is 0. The van der Waals surface area contributed by atoms with Crippen molar-refractivity contribution < 1.29 is 0 Å². The maximum absolute atomic E-state index is 4.50. The summed E-state index contributed by atoms with van der Waals surface area (Å²) in [6.07, 6.45) is 12.5. The van der Waals surface area contributed by atoms with E-state index in [2.05, 4.69) is 35.9 Å². The molecule has 0 amide bonds. The Labute approximate surface area is 119 Å². The summed E-state index contributed by atoms with van der Waals surface area (Å²) < 4.78 is 0. The van der Waals surface area contributed by atoms with Gasteiger partial charge in [-0.25, -0.2) is 4.98 Å². The van der Waals surface area contributed by atoms with E-state index in [1.165, 1.54) is 51.4 Å². The molecular formula is C17H30N2. The molecule has 0 aliphatic carbocycles. The second-order valence-electron chi connectivity index (χ2n) is 5.30. The lowest BCUT2D eigenvalue weighted by Gasteiger charge is -2.23. The lowest BCUT2D eigenvalue weighted by molar-refractivity contribution is 0.605. The Morgan fingerprint density at radius 1 is 0.842 bits per heavy atom. The van der Waals surface area contributed by atoms with E-state index in [1.807, 2.05) is 12.3 Å². The van der Waals surface area contributed by atoms with Crippen LogP contribution in [0, 0.1) is 0 Å². The highest BCUT2D eigenvalue weighted by Gasteiger charge is 2.06. The molecule has 0 unspecified atom stereocenters. The third kappa shape index (κ3) is 7.19. The van der Waals surface area contributed by atoms with E-state index in [1.54, 1.807) is 0 Å². The fourth-order valence-corrected chi connectivity index (χ4v) is 2.34. The lowest BCUT2D eigenvalue weighted by Crippen LogP contribution is -2.26. The minimum absolute atomic E-state index is 1.15. The van der Waals surface area contributed by atoms with E-state index in [4.69, 9.17) is 0 Å². The molecule has 1 aromatic rings. The minimum Gasteiger partial charge on any atom is -0.357 e. The first-order valence-corrected chi connectivity index (χ1v) is 8.04. The van der Waals surface area contributed by atoms with Crippen LogP contribution >= 0.6 is 0 Å². The van der Waals surface area contributed by atoms with Gasteiger partial charge in [-0.1, -0.05) is 58.4 Å². The van der Waals surface area contributed by atoms with Gasteiger partial charge in [-0.2, -0.15) is 0 Å². The van der Waals surface area contributed by atoms with Crippen LogP contribution in [0.2, 0.25) is 0 Å². The molecule has 2 heteroatoms. The zero-order chi connectivity index (χ0) is 13.8. The molecule has 0 saturated carbocycles. The molecule has 0 atom stereocenters. The smallest absolute Gasteiger partial charge is 0.128 e. The maximum Gasteiger partial charge on any atom is 0.128 e. The van der Waals surface area contributed by atoms with Crippen LogP contribution in [0.1, 0.15) is 65.2 Å². The number of nitrogens with zero attached hydrogens (tertiary/aromatic N) is 2. The van der Waals surface area contributed by atoms with Crippen molar-refractivity contribution in [3.05, 3.63) is 24.4 Å². The van der Waals surface area contributed by atoms with Crippen LogP contribution in [0.15, 0.2) is 24.4 Å². The fraction of sp³-hybridized carbons (Fsp3) is 0.706. The van der Waals surface area contributed by atoms with E-state index in [9.17, 15) is 0 Å². The van der Waals surface area contributed by atoms with E-state index in [0.29, 0.717) is 0 Å². The molecule has 1 heterocycles. The summed E-state index contributed by atoms with van der Waals surface area (Å²) in [5, 5.41) is 0.